The number of carbonyl (C=O) groups excluding carboxylic acids is 2. The number of rotatable bonds is 7. The van der Waals surface area contributed by atoms with Crippen LogP contribution in [-0.2, 0) is 30.5 Å². The smallest absolute Gasteiger partial charge is 0.416 e. The number of esters is 1. The van der Waals surface area contributed by atoms with Crippen LogP contribution in [0, 0.1) is 5.92 Å². The highest BCUT2D eigenvalue weighted by atomic mass is 32.2. The summed E-state index contributed by atoms with van der Waals surface area (Å²) in [6.45, 7) is 8.90. The van der Waals surface area contributed by atoms with Crippen LogP contribution in [0.5, 0.6) is 0 Å². The lowest BCUT2D eigenvalue weighted by molar-refractivity contribution is -0.165. The van der Waals surface area contributed by atoms with Crippen molar-refractivity contribution in [2.45, 2.75) is 76.7 Å². The van der Waals surface area contributed by atoms with E-state index in [0.717, 1.165) is 22.5 Å². The van der Waals surface area contributed by atoms with Gasteiger partial charge in [0.1, 0.15) is 0 Å². The van der Waals surface area contributed by atoms with Crippen molar-refractivity contribution in [2.24, 2.45) is 5.92 Å². The molecule has 0 aliphatic carbocycles. The van der Waals surface area contributed by atoms with Crippen LogP contribution in [0.4, 0.5) is 13.2 Å². The molecule has 1 fully saturated rings. The highest BCUT2D eigenvalue weighted by Crippen LogP contribution is 2.32. The normalized spacial score (nSPS) is 17.3. The van der Waals surface area contributed by atoms with Gasteiger partial charge in [-0.25, -0.2) is 8.42 Å². The number of alkyl halides is 3. The molecule has 0 saturated carbocycles. The van der Waals surface area contributed by atoms with Crippen LogP contribution in [0.1, 0.15) is 53.0 Å². The van der Waals surface area contributed by atoms with Gasteiger partial charge in [-0.1, -0.05) is 6.07 Å². The largest absolute Gasteiger partial charge is 0.452 e. The molecule has 1 aromatic rings. The summed E-state index contributed by atoms with van der Waals surface area (Å²) in [5.74, 6) is -1.49. The van der Waals surface area contributed by atoms with Gasteiger partial charge >= 0.3 is 12.1 Å². The van der Waals surface area contributed by atoms with Crippen LogP contribution in [0.25, 0.3) is 0 Å². The first kappa shape index (κ1) is 27.1. The molecule has 1 amide bonds. The lowest BCUT2D eigenvalue weighted by Crippen LogP contribution is -2.48. The maximum absolute atomic E-state index is 13.0. The van der Waals surface area contributed by atoms with Gasteiger partial charge in [-0.3, -0.25) is 9.59 Å². The minimum atomic E-state index is -4.66. The van der Waals surface area contributed by atoms with E-state index >= 15 is 0 Å². The Morgan fingerprint density at radius 1 is 1.06 bits per heavy atom. The van der Waals surface area contributed by atoms with Crippen LogP contribution < -0.4 is 0 Å². The van der Waals surface area contributed by atoms with Crippen LogP contribution >= 0.6 is 0 Å². The maximum Gasteiger partial charge on any atom is 0.416 e. The van der Waals surface area contributed by atoms with E-state index in [1.165, 1.54) is 6.92 Å². The predicted molar refractivity (Wildman–Crippen MR) is 116 cm³/mol. The van der Waals surface area contributed by atoms with Crippen molar-refractivity contribution in [1.82, 2.24) is 9.21 Å². The third-order valence-electron chi connectivity index (χ3n) is 5.59. The minimum Gasteiger partial charge on any atom is -0.452 e. The Bertz CT molecular complexity index is 947. The minimum absolute atomic E-state index is 0.0369. The molecular weight excluding hydrogens is 461 g/mol. The van der Waals surface area contributed by atoms with E-state index in [0.29, 0.717) is 6.07 Å². The summed E-state index contributed by atoms with van der Waals surface area (Å²) in [6, 6.07) is 3.45. The van der Waals surface area contributed by atoms with Crippen molar-refractivity contribution >= 4 is 21.9 Å². The van der Waals surface area contributed by atoms with E-state index < -0.39 is 44.6 Å². The van der Waals surface area contributed by atoms with E-state index in [1.807, 2.05) is 27.7 Å². The Morgan fingerprint density at radius 2 is 1.61 bits per heavy atom. The van der Waals surface area contributed by atoms with Gasteiger partial charge in [0.2, 0.25) is 10.0 Å². The molecular formula is C22H31F3N2O5S. The Kier molecular flexibility index (Phi) is 8.56. The van der Waals surface area contributed by atoms with Gasteiger partial charge in [-0.15, -0.1) is 0 Å². The summed E-state index contributed by atoms with van der Waals surface area (Å²) in [4.78, 5) is 26.4. The highest BCUT2D eigenvalue weighted by Gasteiger charge is 2.36. The van der Waals surface area contributed by atoms with Gasteiger partial charge < -0.3 is 9.64 Å². The summed E-state index contributed by atoms with van der Waals surface area (Å²) in [5, 5.41) is 0. The quantitative estimate of drug-likeness (QED) is 0.542. The molecule has 1 saturated heterocycles. The van der Waals surface area contributed by atoms with E-state index in [1.54, 1.807) is 4.90 Å². The lowest BCUT2D eigenvalue weighted by Gasteiger charge is -2.34. The summed E-state index contributed by atoms with van der Waals surface area (Å²) >= 11 is 0. The topological polar surface area (TPSA) is 84.0 Å². The van der Waals surface area contributed by atoms with Gasteiger partial charge in [-0.2, -0.15) is 17.5 Å². The zero-order valence-electron chi connectivity index (χ0n) is 19.4. The van der Waals surface area contributed by atoms with Crippen LogP contribution in [0.3, 0.4) is 0 Å². The van der Waals surface area contributed by atoms with Gasteiger partial charge in [-0.05, 0) is 65.7 Å². The number of hydrogen-bond acceptors (Lipinski definition) is 5. The number of ether oxygens (including phenoxy) is 1. The average Bonchev–Trinajstić information content (AvgIpc) is 2.72. The Labute approximate surface area is 192 Å². The maximum atomic E-state index is 13.0. The Hall–Kier alpha value is -2.14. The van der Waals surface area contributed by atoms with Gasteiger partial charge in [0.15, 0.2) is 6.10 Å². The summed E-state index contributed by atoms with van der Waals surface area (Å²) < 4.78 is 70.9. The molecule has 0 N–H and O–H groups in total. The third kappa shape index (κ3) is 6.47. The monoisotopic (exact) mass is 492 g/mol. The number of halogens is 3. The zero-order chi connectivity index (χ0) is 25.1. The van der Waals surface area contributed by atoms with Crippen molar-refractivity contribution in [3.05, 3.63) is 29.8 Å². The summed E-state index contributed by atoms with van der Waals surface area (Å²) in [7, 11) is -4.14. The van der Waals surface area contributed by atoms with Crippen LogP contribution in [-0.4, -0.2) is 60.8 Å². The average molecular weight is 493 g/mol. The fourth-order valence-electron chi connectivity index (χ4n) is 3.95. The zero-order valence-corrected chi connectivity index (χ0v) is 20.2. The van der Waals surface area contributed by atoms with Gasteiger partial charge in [0, 0.05) is 25.2 Å². The Morgan fingerprint density at radius 3 is 2.09 bits per heavy atom. The number of amides is 1. The van der Waals surface area contributed by atoms with Gasteiger partial charge in [0.25, 0.3) is 5.91 Å². The molecule has 0 aromatic heterocycles. The van der Waals surface area contributed by atoms with E-state index in [9.17, 15) is 31.2 Å². The van der Waals surface area contributed by atoms with Crippen molar-refractivity contribution in [2.75, 3.05) is 13.1 Å². The third-order valence-corrected chi connectivity index (χ3v) is 7.49. The van der Waals surface area contributed by atoms with Crippen LogP contribution in [0.2, 0.25) is 0 Å². The lowest BCUT2D eigenvalue weighted by atomic mass is 9.98. The first-order chi connectivity index (χ1) is 15.2. The number of nitrogens with zero attached hydrogens (tertiary/aromatic N) is 2. The van der Waals surface area contributed by atoms with E-state index in [2.05, 4.69) is 0 Å². The molecule has 1 atom stereocenters. The van der Waals surface area contributed by atoms with Crippen LogP contribution in [0.15, 0.2) is 29.2 Å². The fraction of sp³-hybridized carbons (Fsp3) is 0.636. The van der Waals surface area contributed by atoms with Crippen molar-refractivity contribution in [3.63, 3.8) is 0 Å². The number of piperidine rings is 1. The standard InChI is InChI=1S/C22H31F3N2O5S/c1-14(2)27(15(3)4)20(28)16(5)32-21(29)17-9-11-26(12-10-17)33(30,31)19-8-6-7-18(13-19)22(23,24)25/h6-8,13-17H,9-12H2,1-5H3. The fourth-order valence-corrected chi connectivity index (χ4v) is 5.47. The molecule has 1 aliphatic rings. The SMILES string of the molecule is CC(OC(=O)C1CCN(S(=O)(=O)c2cccc(C(F)(F)F)c2)CC1)C(=O)N(C(C)C)C(C)C. The highest BCUT2D eigenvalue weighted by molar-refractivity contribution is 7.89. The first-order valence-corrected chi connectivity index (χ1v) is 12.3. The number of carbonyl (C=O) groups is 2. The predicted octanol–water partition coefficient (Wildman–Crippen LogP) is 3.68. The van der Waals surface area contributed by atoms with Crippen molar-refractivity contribution < 1.29 is 35.9 Å². The molecule has 0 radical (unpaired) electrons. The summed E-state index contributed by atoms with van der Waals surface area (Å²) in [6.07, 6.45) is -5.34. The molecule has 33 heavy (non-hydrogen) atoms. The summed E-state index contributed by atoms with van der Waals surface area (Å²) in [5.41, 5.74) is -1.04. The number of hydrogen-bond donors (Lipinski definition) is 0. The second kappa shape index (κ2) is 10.4. The van der Waals surface area contributed by atoms with Crippen molar-refractivity contribution in [1.29, 1.82) is 0 Å². The molecule has 11 heteroatoms. The first-order valence-electron chi connectivity index (χ1n) is 10.9. The molecule has 0 bridgehead atoms. The number of sulfonamides is 1. The second-order valence-electron chi connectivity index (χ2n) is 8.72. The number of benzene rings is 1. The van der Waals surface area contributed by atoms with E-state index in [-0.39, 0.29) is 43.9 Å². The second-order valence-corrected chi connectivity index (χ2v) is 10.7. The molecule has 1 unspecified atom stereocenters. The van der Waals surface area contributed by atoms with Gasteiger partial charge in [0.05, 0.1) is 16.4 Å². The molecule has 1 aromatic carbocycles. The molecule has 0 spiro atoms. The molecule has 2 rings (SSSR count). The van der Waals surface area contributed by atoms with Crippen molar-refractivity contribution in [3.8, 4) is 0 Å². The Balaban J connectivity index is 2.01. The molecule has 1 aliphatic heterocycles. The molecule has 186 valence electrons. The molecule has 1 heterocycles. The molecule has 7 nitrogen and oxygen atoms in total. The van der Waals surface area contributed by atoms with E-state index in [4.69, 9.17) is 4.74 Å².